The van der Waals surface area contributed by atoms with Crippen LogP contribution in [0.2, 0.25) is 0 Å². The maximum atomic E-state index is 12.4. The first-order valence-corrected chi connectivity index (χ1v) is 9.99. The molecule has 1 N–H and O–H groups in total. The lowest BCUT2D eigenvalue weighted by Crippen LogP contribution is -2.45. The van der Waals surface area contributed by atoms with Gasteiger partial charge < -0.3 is 10.2 Å². The Hall–Kier alpha value is -1.79. The number of amides is 1. The van der Waals surface area contributed by atoms with E-state index in [2.05, 4.69) is 27.1 Å². The number of hydrogen-bond acceptors (Lipinski definition) is 5. The molecule has 5 nitrogen and oxygen atoms in total. The van der Waals surface area contributed by atoms with Crippen LogP contribution >= 0.6 is 11.3 Å². The lowest BCUT2D eigenvalue weighted by Gasteiger charge is -2.30. The molecule has 3 rings (SSSR count). The van der Waals surface area contributed by atoms with Gasteiger partial charge in [0.15, 0.2) is 0 Å². The summed E-state index contributed by atoms with van der Waals surface area (Å²) >= 11 is 1.56. The third-order valence-electron chi connectivity index (χ3n) is 4.59. The van der Waals surface area contributed by atoms with Crippen molar-refractivity contribution in [3.63, 3.8) is 0 Å². The first-order valence-electron chi connectivity index (χ1n) is 9.11. The van der Waals surface area contributed by atoms with E-state index < -0.39 is 0 Å². The zero-order valence-electron chi connectivity index (χ0n) is 14.8. The summed E-state index contributed by atoms with van der Waals surface area (Å²) in [6.07, 6.45) is 8.74. The second-order valence-corrected chi connectivity index (χ2v) is 7.45. The third kappa shape index (κ3) is 5.34. The molecule has 0 radical (unpaired) electrons. The molecule has 1 saturated heterocycles. The van der Waals surface area contributed by atoms with Crippen molar-refractivity contribution < 1.29 is 4.79 Å². The molecule has 0 bridgehead atoms. The molecular weight excluding hydrogens is 332 g/mol. The summed E-state index contributed by atoms with van der Waals surface area (Å²) in [5, 5.41) is 6.06. The van der Waals surface area contributed by atoms with Gasteiger partial charge in [0.2, 0.25) is 5.91 Å². The second kappa shape index (κ2) is 9.06. The Labute approximate surface area is 153 Å². The van der Waals surface area contributed by atoms with Crippen LogP contribution in [0.25, 0.3) is 10.6 Å². The van der Waals surface area contributed by atoms with Crippen LogP contribution in [0, 0.1) is 0 Å². The lowest BCUT2D eigenvalue weighted by atomic mass is 10.1. The molecule has 6 heteroatoms. The van der Waals surface area contributed by atoms with Crippen molar-refractivity contribution in [1.82, 2.24) is 20.2 Å². The zero-order valence-corrected chi connectivity index (χ0v) is 15.6. The predicted molar refractivity (Wildman–Crippen MR) is 102 cm³/mol. The number of nitrogens with zero attached hydrogens (tertiary/aromatic N) is 3. The van der Waals surface area contributed by atoms with Crippen LogP contribution in [0.15, 0.2) is 29.9 Å². The van der Waals surface area contributed by atoms with Gasteiger partial charge in [0.05, 0.1) is 12.1 Å². The fourth-order valence-corrected chi connectivity index (χ4v) is 3.99. The van der Waals surface area contributed by atoms with Crippen LogP contribution < -0.4 is 5.32 Å². The summed E-state index contributed by atoms with van der Waals surface area (Å²) in [5.74, 6) is 0.0619. The standard InChI is InChI=1S/C19H26N4OS/c1-2-16(13-23-9-4-3-5-10-23)21-18(24)11-17-14-25-19(22-17)15-7-6-8-20-12-15/h6-8,12,14,16H,2-5,9-11,13H2,1H3,(H,21,24)/t16-/m0/s1. The minimum absolute atomic E-state index is 0.0619. The number of piperidine rings is 1. The van der Waals surface area contributed by atoms with Gasteiger partial charge in [-0.1, -0.05) is 13.3 Å². The smallest absolute Gasteiger partial charge is 0.226 e. The Morgan fingerprint density at radius 2 is 2.20 bits per heavy atom. The van der Waals surface area contributed by atoms with Gasteiger partial charge in [0, 0.05) is 35.9 Å². The number of hydrogen-bond donors (Lipinski definition) is 1. The quantitative estimate of drug-likeness (QED) is 0.826. The SMILES string of the molecule is CC[C@@H](CN1CCCCC1)NC(=O)Cc1csc(-c2cccnc2)n1. The molecule has 2 aromatic heterocycles. The second-order valence-electron chi connectivity index (χ2n) is 6.60. The third-order valence-corrected chi connectivity index (χ3v) is 5.53. The summed E-state index contributed by atoms with van der Waals surface area (Å²) in [6, 6.07) is 4.11. The highest BCUT2D eigenvalue weighted by molar-refractivity contribution is 7.13. The molecule has 0 spiro atoms. The first-order chi connectivity index (χ1) is 12.2. The molecule has 0 aliphatic carbocycles. The van der Waals surface area contributed by atoms with Crippen LogP contribution in [-0.4, -0.2) is 46.5 Å². The number of carbonyl (C=O) groups excluding carboxylic acids is 1. The van der Waals surface area contributed by atoms with Gasteiger partial charge in [0.25, 0.3) is 0 Å². The molecule has 1 amide bonds. The van der Waals surface area contributed by atoms with Gasteiger partial charge in [-0.25, -0.2) is 4.98 Å². The molecule has 134 valence electrons. The van der Waals surface area contributed by atoms with E-state index in [9.17, 15) is 4.79 Å². The van der Waals surface area contributed by atoms with Crippen LogP contribution in [0.5, 0.6) is 0 Å². The zero-order chi connectivity index (χ0) is 17.5. The monoisotopic (exact) mass is 358 g/mol. The van der Waals surface area contributed by atoms with Gasteiger partial charge in [-0.2, -0.15) is 0 Å². The fourth-order valence-electron chi connectivity index (χ4n) is 3.18. The van der Waals surface area contributed by atoms with Crippen molar-refractivity contribution in [2.24, 2.45) is 0 Å². The largest absolute Gasteiger partial charge is 0.352 e. The van der Waals surface area contributed by atoms with Crippen LogP contribution in [0.1, 0.15) is 38.3 Å². The molecule has 1 atom stereocenters. The maximum Gasteiger partial charge on any atom is 0.226 e. The minimum atomic E-state index is 0.0619. The summed E-state index contributed by atoms with van der Waals surface area (Å²) in [6.45, 7) is 5.42. The molecule has 0 saturated carbocycles. The van der Waals surface area contributed by atoms with Crippen molar-refractivity contribution in [2.45, 2.75) is 45.1 Å². The Bertz CT molecular complexity index is 667. The van der Waals surface area contributed by atoms with E-state index in [0.717, 1.165) is 42.3 Å². The van der Waals surface area contributed by atoms with E-state index in [1.54, 1.807) is 23.7 Å². The summed E-state index contributed by atoms with van der Waals surface area (Å²) < 4.78 is 0. The fraction of sp³-hybridized carbons (Fsp3) is 0.526. The van der Waals surface area contributed by atoms with Crippen molar-refractivity contribution in [1.29, 1.82) is 0 Å². The van der Waals surface area contributed by atoms with E-state index in [4.69, 9.17) is 0 Å². The van der Waals surface area contributed by atoms with Crippen molar-refractivity contribution in [3.05, 3.63) is 35.6 Å². The molecule has 0 aromatic carbocycles. The number of pyridine rings is 1. The van der Waals surface area contributed by atoms with Crippen molar-refractivity contribution in [3.8, 4) is 10.6 Å². The van der Waals surface area contributed by atoms with Gasteiger partial charge in [-0.05, 0) is 44.5 Å². The van der Waals surface area contributed by atoms with Crippen molar-refractivity contribution >= 4 is 17.2 Å². The Morgan fingerprint density at radius 1 is 1.36 bits per heavy atom. The lowest BCUT2D eigenvalue weighted by molar-refractivity contribution is -0.121. The highest BCUT2D eigenvalue weighted by atomic mass is 32.1. The molecule has 1 aliphatic heterocycles. The molecule has 1 fully saturated rings. The molecular formula is C19H26N4OS. The Balaban J connectivity index is 1.52. The molecule has 0 unspecified atom stereocenters. The van der Waals surface area contributed by atoms with E-state index in [-0.39, 0.29) is 11.9 Å². The van der Waals surface area contributed by atoms with Gasteiger partial charge in [-0.3, -0.25) is 9.78 Å². The predicted octanol–water partition coefficient (Wildman–Crippen LogP) is 3.13. The summed E-state index contributed by atoms with van der Waals surface area (Å²) in [7, 11) is 0. The Morgan fingerprint density at radius 3 is 2.92 bits per heavy atom. The molecule has 25 heavy (non-hydrogen) atoms. The number of aromatic nitrogens is 2. The maximum absolute atomic E-state index is 12.4. The Kier molecular flexibility index (Phi) is 6.53. The number of likely N-dealkylation sites (tertiary alicyclic amines) is 1. The highest BCUT2D eigenvalue weighted by Gasteiger charge is 2.17. The number of rotatable bonds is 7. The molecule has 3 heterocycles. The number of carbonyl (C=O) groups is 1. The number of thiazole rings is 1. The van der Waals surface area contributed by atoms with E-state index in [1.807, 2.05) is 17.5 Å². The average Bonchev–Trinajstić information content (AvgIpc) is 3.11. The number of nitrogens with one attached hydrogen (secondary N) is 1. The first kappa shape index (κ1) is 18.0. The van der Waals surface area contributed by atoms with Crippen LogP contribution in [0.3, 0.4) is 0 Å². The van der Waals surface area contributed by atoms with Gasteiger partial charge in [0.1, 0.15) is 5.01 Å². The van der Waals surface area contributed by atoms with Crippen LogP contribution in [0.4, 0.5) is 0 Å². The summed E-state index contributed by atoms with van der Waals surface area (Å²) in [4.78, 5) is 23.6. The summed E-state index contributed by atoms with van der Waals surface area (Å²) in [5.41, 5.74) is 1.82. The topological polar surface area (TPSA) is 58.1 Å². The van der Waals surface area contributed by atoms with Crippen molar-refractivity contribution in [2.75, 3.05) is 19.6 Å². The van der Waals surface area contributed by atoms with Gasteiger partial charge in [-0.15, -0.1) is 11.3 Å². The van der Waals surface area contributed by atoms with E-state index in [1.165, 1.54) is 19.3 Å². The normalized spacial score (nSPS) is 16.5. The average molecular weight is 359 g/mol. The highest BCUT2D eigenvalue weighted by Crippen LogP contribution is 2.22. The molecule has 1 aliphatic rings. The van der Waals surface area contributed by atoms with E-state index in [0.29, 0.717) is 6.42 Å². The van der Waals surface area contributed by atoms with Crippen LogP contribution in [-0.2, 0) is 11.2 Å². The van der Waals surface area contributed by atoms with Gasteiger partial charge >= 0.3 is 0 Å². The minimum Gasteiger partial charge on any atom is -0.352 e. The van der Waals surface area contributed by atoms with E-state index >= 15 is 0 Å². The molecule has 2 aromatic rings.